The largest absolute Gasteiger partial charge is 0.411 e. The van der Waals surface area contributed by atoms with E-state index in [1.807, 2.05) is 61.5 Å². The quantitative estimate of drug-likeness (QED) is 0.468. The molecular weight excluding hydrogens is 384 g/mol. The van der Waals surface area contributed by atoms with Gasteiger partial charge >= 0.3 is 0 Å². The summed E-state index contributed by atoms with van der Waals surface area (Å²) in [6.45, 7) is 2.54. The minimum absolute atomic E-state index is 0.0705. The first-order valence-corrected chi connectivity index (χ1v) is 10.3. The van der Waals surface area contributed by atoms with Crippen LogP contribution in [0.2, 0.25) is 0 Å². The van der Waals surface area contributed by atoms with Gasteiger partial charge in [0.05, 0.1) is 11.3 Å². The van der Waals surface area contributed by atoms with Crippen molar-refractivity contribution in [3.63, 3.8) is 0 Å². The Hall–Kier alpha value is -3.19. The molecule has 0 bridgehead atoms. The third-order valence-corrected chi connectivity index (χ3v) is 5.36. The van der Waals surface area contributed by atoms with E-state index in [2.05, 4.69) is 20.5 Å². The van der Waals surface area contributed by atoms with E-state index in [0.29, 0.717) is 17.7 Å². The highest BCUT2D eigenvalue weighted by Gasteiger charge is 2.12. The average Bonchev–Trinajstić information content (AvgIpc) is 3.21. The van der Waals surface area contributed by atoms with Gasteiger partial charge in [-0.25, -0.2) is 0 Å². The average molecular weight is 404 g/mol. The van der Waals surface area contributed by atoms with Gasteiger partial charge in [-0.15, -0.1) is 10.2 Å². The van der Waals surface area contributed by atoms with Gasteiger partial charge in [0.1, 0.15) is 0 Å². The molecule has 0 spiro atoms. The predicted octanol–water partition coefficient (Wildman–Crippen LogP) is 4.04. The molecule has 0 unspecified atom stereocenters. The summed E-state index contributed by atoms with van der Waals surface area (Å²) in [5, 5.41) is 12.5. The van der Waals surface area contributed by atoms with Crippen LogP contribution >= 0.6 is 11.8 Å². The molecule has 0 saturated heterocycles. The number of para-hydroxylation sites is 1. The smallest absolute Gasteiger partial charge is 0.277 e. The van der Waals surface area contributed by atoms with Crippen molar-refractivity contribution in [1.29, 1.82) is 0 Å². The summed E-state index contributed by atoms with van der Waals surface area (Å²) < 4.78 is 5.68. The third-order valence-electron chi connectivity index (χ3n) is 4.54. The van der Waals surface area contributed by atoms with E-state index >= 15 is 0 Å². The molecule has 0 aliphatic heterocycles. The molecule has 4 rings (SSSR count). The minimum Gasteiger partial charge on any atom is -0.411 e. The predicted molar refractivity (Wildman–Crippen MR) is 114 cm³/mol. The number of nitrogens with zero attached hydrogens (tertiary/aromatic N) is 3. The first-order chi connectivity index (χ1) is 14.2. The lowest BCUT2D eigenvalue weighted by molar-refractivity contribution is -0.118. The highest BCUT2D eigenvalue weighted by Crippen LogP contribution is 2.25. The molecule has 1 amide bonds. The monoisotopic (exact) mass is 404 g/mol. The zero-order chi connectivity index (χ0) is 20.1. The molecular formula is C22H20N4O2S. The molecule has 146 valence electrons. The second kappa shape index (κ2) is 8.87. The summed E-state index contributed by atoms with van der Waals surface area (Å²) in [4.78, 5) is 16.6. The van der Waals surface area contributed by atoms with Crippen LogP contribution in [0.3, 0.4) is 0 Å². The zero-order valence-electron chi connectivity index (χ0n) is 16.0. The zero-order valence-corrected chi connectivity index (χ0v) is 16.8. The van der Waals surface area contributed by atoms with E-state index < -0.39 is 0 Å². The topological polar surface area (TPSA) is 80.9 Å². The maximum Gasteiger partial charge on any atom is 0.277 e. The fraction of sp³-hybridized carbons (Fsp3) is 0.182. The molecule has 0 radical (unpaired) electrons. The van der Waals surface area contributed by atoms with Crippen molar-refractivity contribution < 1.29 is 9.21 Å². The van der Waals surface area contributed by atoms with Gasteiger partial charge in [0.25, 0.3) is 5.22 Å². The number of benzene rings is 2. The van der Waals surface area contributed by atoms with E-state index in [0.717, 1.165) is 34.0 Å². The second-order valence-electron chi connectivity index (χ2n) is 6.57. The summed E-state index contributed by atoms with van der Waals surface area (Å²) in [5.41, 5.74) is 4.07. The molecule has 2 aromatic carbocycles. The van der Waals surface area contributed by atoms with Crippen LogP contribution in [0.5, 0.6) is 0 Å². The molecule has 6 nitrogen and oxygen atoms in total. The lowest BCUT2D eigenvalue weighted by Crippen LogP contribution is -2.27. The van der Waals surface area contributed by atoms with Crippen LogP contribution in [-0.2, 0) is 11.2 Å². The van der Waals surface area contributed by atoms with Gasteiger partial charge in [-0.2, -0.15) is 0 Å². The number of thioether (sulfide) groups is 1. The fourth-order valence-electron chi connectivity index (χ4n) is 3.07. The summed E-state index contributed by atoms with van der Waals surface area (Å²) in [5.74, 6) is 0.622. The molecule has 7 heteroatoms. The lowest BCUT2D eigenvalue weighted by atomic mass is 10.1. The second-order valence-corrected chi connectivity index (χ2v) is 7.50. The third kappa shape index (κ3) is 4.63. The number of hydrogen-bond acceptors (Lipinski definition) is 6. The number of carbonyl (C=O) groups excluding carboxylic acids is 1. The molecule has 0 saturated carbocycles. The maximum absolute atomic E-state index is 12.2. The van der Waals surface area contributed by atoms with Gasteiger partial charge in [0, 0.05) is 23.7 Å². The number of pyridine rings is 1. The Morgan fingerprint density at radius 1 is 1.07 bits per heavy atom. The molecule has 2 aromatic heterocycles. The normalized spacial score (nSPS) is 10.9. The molecule has 1 N–H and O–H groups in total. The lowest BCUT2D eigenvalue weighted by Gasteiger charge is -2.07. The van der Waals surface area contributed by atoms with Gasteiger partial charge in [0.15, 0.2) is 0 Å². The number of amides is 1. The summed E-state index contributed by atoms with van der Waals surface area (Å²) >= 11 is 1.23. The van der Waals surface area contributed by atoms with E-state index in [1.165, 1.54) is 11.8 Å². The number of aromatic nitrogens is 3. The van der Waals surface area contributed by atoms with Gasteiger partial charge in [0.2, 0.25) is 11.8 Å². The van der Waals surface area contributed by atoms with Gasteiger partial charge in [-0.3, -0.25) is 9.78 Å². The van der Waals surface area contributed by atoms with Crippen molar-refractivity contribution in [2.24, 2.45) is 0 Å². The standard InChI is InChI=1S/C22H20N4O2S/c1-15-6-2-3-10-18(15)21-25-26-22(28-21)29-14-19(27)23-13-11-17-8-4-7-16-9-5-12-24-20(16)17/h2-10,12H,11,13-14H2,1H3,(H,23,27). The highest BCUT2D eigenvalue weighted by molar-refractivity contribution is 7.99. The van der Waals surface area contributed by atoms with E-state index in [-0.39, 0.29) is 11.7 Å². The number of nitrogens with one attached hydrogen (secondary N) is 1. The summed E-state index contributed by atoms with van der Waals surface area (Å²) in [6, 6.07) is 17.9. The molecule has 0 fully saturated rings. The van der Waals surface area contributed by atoms with Crippen molar-refractivity contribution >= 4 is 28.6 Å². The van der Waals surface area contributed by atoms with Crippen molar-refractivity contribution in [2.75, 3.05) is 12.3 Å². The molecule has 29 heavy (non-hydrogen) atoms. The minimum atomic E-state index is -0.0705. The molecule has 4 aromatic rings. The van der Waals surface area contributed by atoms with Crippen LogP contribution in [0.15, 0.2) is 70.4 Å². The molecule has 0 atom stereocenters. The Morgan fingerprint density at radius 2 is 1.93 bits per heavy atom. The van der Waals surface area contributed by atoms with Gasteiger partial charge < -0.3 is 9.73 Å². The molecule has 0 aliphatic rings. The summed E-state index contributed by atoms with van der Waals surface area (Å²) in [6.07, 6.45) is 2.51. The Morgan fingerprint density at radius 3 is 2.83 bits per heavy atom. The molecule has 0 aliphatic carbocycles. The van der Waals surface area contributed by atoms with Crippen molar-refractivity contribution in [3.8, 4) is 11.5 Å². The Bertz CT molecular complexity index is 1140. The van der Waals surface area contributed by atoms with Crippen LogP contribution in [0, 0.1) is 6.92 Å². The van der Waals surface area contributed by atoms with E-state index in [1.54, 1.807) is 6.20 Å². The van der Waals surface area contributed by atoms with Crippen LogP contribution < -0.4 is 5.32 Å². The number of rotatable bonds is 7. The molecule has 2 heterocycles. The fourth-order valence-corrected chi connectivity index (χ4v) is 3.67. The van der Waals surface area contributed by atoms with Crippen molar-refractivity contribution in [2.45, 2.75) is 18.6 Å². The van der Waals surface area contributed by atoms with Gasteiger partial charge in [-0.05, 0) is 36.6 Å². The number of aryl methyl sites for hydroxylation is 1. The maximum atomic E-state index is 12.2. The van der Waals surface area contributed by atoms with Crippen LogP contribution in [0.25, 0.3) is 22.4 Å². The van der Waals surface area contributed by atoms with E-state index in [9.17, 15) is 4.79 Å². The van der Waals surface area contributed by atoms with Crippen LogP contribution in [0.4, 0.5) is 0 Å². The van der Waals surface area contributed by atoms with Crippen molar-refractivity contribution in [3.05, 3.63) is 71.9 Å². The van der Waals surface area contributed by atoms with E-state index in [4.69, 9.17) is 4.42 Å². The number of hydrogen-bond donors (Lipinski definition) is 1. The van der Waals surface area contributed by atoms with Crippen molar-refractivity contribution in [1.82, 2.24) is 20.5 Å². The highest BCUT2D eigenvalue weighted by atomic mass is 32.2. The number of carbonyl (C=O) groups is 1. The Labute approximate surface area is 172 Å². The Balaban J connectivity index is 1.28. The van der Waals surface area contributed by atoms with Crippen LogP contribution in [-0.4, -0.2) is 33.4 Å². The SMILES string of the molecule is Cc1ccccc1-c1nnc(SCC(=O)NCCc2cccc3cccnc23)o1. The Kier molecular flexibility index (Phi) is 5.86. The van der Waals surface area contributed by atoms with Gasteiger partial charge in [-0.1, -0.05) is 54.2 Å². The first kappa shape index (κ1) is 19.1. The number of fused-ring (bicyclic) bond motifs is 1. The summed E-state index contributed by atoms with van der Waals surface area (Å²) in [7, 11) is 0. The van der Waals surface area contributed by atoms with Crippen LogP contribution in [0.1, 0.15) is 11.1 Å². The first-order valence-electron chi connectivity index (χ1n) is 9.32.